The standard InChI is InChI=1S/C17H19N/c1-2-6-16(7-3-1)17-8-4-5-15(11-17)13-18-12-14-9-10-14/h1-8,11,14,18H,9-10,12-13H2. The molecule has 1 saturated carbocycles. The largest absolute Gasteiger partial charge is 0.312 e. The summed E-state index contributed by atoms with van der Waals surface area (Å²) >= 11 is 0. The van der Waals surface area contributed by atoms with Crippen molar-refractivity contribution in [3.8, 4) is 11.1 Å². The molecule has 0 unspecified atom stereocenters. The highest BCUT2D eigenvalue weighted by atomic mass is 14.9. The van der Waals surface area contributed by atoms with Gasteiger partial charge in [-0.2, -0.15) is 0 Å². The van der Waals surface area contributed by atoms with E-state index in [1.54, 1.807) is 0 Å². The molecule has 2 aromatic carbocycles. The first kappa shape index (κ1) is 11.5. The minimum atomic E-state index is 0.947. The summed E-state index contributed by atoms with van der Waals surface area (Å²) in [6, 6.07) is 19.4. The highest BCUT2D eigenvalue weighted by Gasteiger charge is 2.19. The molecule has 0 heterocycles. The number of hydrogen-bond acceptors (Lipinski definition) is 1. The lowest BCUT2D eigenvalue weighted by atomic mass is 10.0. The fourth-order valence-electron chi connectivity index (χ4n) is 2.23. The van der Waals surface area contributed by atoms with Crippen molar-refractivity contribution in [2.45, 2.75) is 19.4 Å². The van der Waals surface area contributed by atoms with E-state index >= 15 is 0 Å². The quantitative estimate of drug-likeness (QED) is 0.832. The van der Waals surface area contributed by atoms with Gasteiger partial charge in [-0.3, -0.25) is 0 Å². The van der Waals surface area contributed by atoms with Crippen LogP contribution in [0.4, 0.5) is 0 Å². The molecule has 92 valence electrons. The van der Waals surface area contributed by atoms with Gasteiger partial charge in [0.1, 0.15) is 0 Å². The normalized spacial score (nSPS) is 14.7. The van der Waals surface area contributed by atoms with E-state index in [-0.39, 0.29) is 0 Å². The third-order valence-corrected chi connectivity index (χ3v) is 3.49. The van der Waals surface area contributed by atoms with Crippen LogP contribution < -0.4 is 5.32 Å². The third-order valence-electron chi connectivity index (χ3n) is 3.49. The number of benzene rings is 2. The van der Waals surface area contributed by atoms with Gasteiger partial charge in [0.2, 0.25) is 0 Å². The highest BCUT2D eigenvalue weighted by Crippen LogP contribution is 2.27. The molecule has 0 radical (unpaired) electrons. The molecule has 0 aromatic heterocycles. The zero-order chi connectivity index (χ0) is 12.2. The van der Waals surface area contributed by atoms with E-state index in [2.05, 4.69) is 59.9 Å². The average molecular weight is 237 g/mol. The molecular weight excluding hydrogens is 218 g/mol. The van der Waals surface area contributed by atoms with Crippen LogP contribution in [0, 0.1) is 5.92 Å². The first-order valence-electron chi connectivity index (χ1n) is 6.77. The molecule has 1 fully saturated rings. The molecule has 1 aliphatic rings. The van der Waals surface area contributed by atoms with Gasteiger partial charge < -0.3 is 5.32 Å². The summed E-state index contributed by atoms with van der Waals surface area (Å²) in [4.78, 5) is 0. The molecule has 3 rings (SSSR count). The zero-order valence-electron chi connectivity index (χ0n) is 10.6. The Hall–Kier alpha value is -1.60. The van der Waals surface area contributed by atoms with Crippen LogP contribution in [0.15, 0.2) is 54.6 Å². The molecule has 2 aromatic rings. The minimum Gasteiger partial charge on any atom is -0.312 e. The summed E-state index contributed by atoms with van der Waals surface area (Å²) in [5.41, 5.74) is 3.97. The lowest BCUT2D eigenvalue weighted by Crippen LogP contribution is -2.15. The van der Waals surface area contributed by atoms with Gasteiger partial charge in [0.05, 0.1) is 0 Å². The second kappa shape index (κ2) is 5.36. The van der Waals surface area contributed by atoms with Gasteiger partial charge in [-0.15, -0.1) is 0 Å². The first-order valence-corrected chi connectivity index (χ1v) is 6.77. The monoisotopic (exact) mass is 237 g/mol. The predicted octanol–water partition coefficient (Wildman–Crippen LogP) is 3.85. The Bertz CT molecular complexity index is 500. The summed E-state index contributed by atoms with van der Waals surface area (Å²) in [5, 5.41) is 3.54. The van der Waals surface area contributed by atoms with Crippen LogP contribution in [-0.2, 0) is 6.54 Å². The number of rotatable bonds is 5. The van der Waals surface area contributed by atoms with Crippen LogP contribution in [0.3, 0.4) is 0 Å². The molecule has 0 amide bonds. The van der Waals surface area contributed by atoms with E-state index in [1.807, 2.05) is 0 Å². The zero-order valence-corrected chi connectivity index (χ0v) is 10.6. The molecule has 1 aliphatic carbocycles. The van der Waals surface area contributed by atoms with Crippen molar-refractivity contribution in [3.05, 3.63) is 60.2 Å². The van der Waals surface area contributed by atoms with Crippen molar-refractivity contribution in [1.82, 2.24) is 5.32 Å². The summed E-state index contributed by atoms with van der Waals surface area (Å²) in [6.07, 6.45) is 2.83. The second-order valence-corrected chi connectivity index (χ2v) is 5.14. The molecule has 1 N–H and O–H groups in total. The van der Waals surface area contributed by atoms with E-state index in [0.29, 0.717) is 0 Å². The smallest absolute Gasteiger partial charge is 0.0205 e. The van der Waals surface area contributed by atoms with Crippen molar-refractivity contribution >= 4 is 0 Å². The van der Waals surface area contributed by atoms with Crippen molar-refractivity contribution in [2.24, 2.45) is 5.92 Å². The number of nitrogens with one attached hydrogen (secondary N) is 1. The van der Waals surface area contributed by atoms with Crippen LogP contribution >= 0.6 is 0 Å². The maximum absolute atomic E-state index is 3.54. The summed E-state index contributed by atoms with van der Waals surface area (Å²) in [6.45, 7) is 2.16. The molecule has 1 heteroatoms. The van der Waals surface area contributed by atoms with Gasteiger partial charge in [0, 0.05) is 6.54 Å². The van der Waals surface area contributed by atoms with Crippen molar-refractivity contribution in [1.29, 1.82) is 0 Å². The minimum absolute atomic E-state index is 0.947. The van der Waals surface area contributed by atoms with Crippen molar-refractivity contribution < 1.29 is 0 Å². The van der Waals surface area contributed by atoms with Crippen LogP contribution in [-0.4, -0.2) is 6.54 Å². The molecule has 0 saturated heterocycles. The Balaban J connectivity index is 1.68. The van der Waals surface area contributed by atoms with E-state index in [1.165, 1.54) is 36.1 Å². The van der Waals surface area contributed by atoms with Gasteiger partial charge in [-0.1, -0.05) is 48.5 Å². The Morgan fingerprint density at radius 1 is 0.889 bits per heavy atom. The summed E-state index contributed by atoms with van der Waals surface area (Å²) < 4.78 is 0. The van der Waals surface area contributed by atoms with Gasteiger partial charge >= 0.3 is 0 Å². The Labute approximate surface area is 109 Å². The molecular formula is C17H19N. The topological polar surface area (TPSA) is 12.0 Å². The van der Waals surface area contributed by atoms with E-state index in [9.17, 15) is 0 Å². The third kappa shape index (κ3) is 2.99. The maximum Gasteiger partial charge on any atom is 0.0205 e. The van der Waals surface area contributed by atoms with Crippen molar-refractivity contribution in [3.63, 3.8) is 0 Å². The summed E-state index contributed by atoms with van der Waals surface area (Å²) in [7, 11) is 0. The van der Waals surface area contributed by atoms with Crippen molar-refractivity contribution in [2.75, 3.05) is 6.54 Å². The second-order valence-electron chi connectivity index (χ2n) is 5.14. The lowest BCUT2D eigenvalue weighted by Gasteiger charge is -2.07. The maximum atomic E-state index is 3.54. The molecule has 0 spiro atoms. The Morgan fingerprint density at radius 2 is 1.67 bits per heavy atom. The van der Waals surface area contributed by atoms with Gasteiger partial charge in [-0.05, 0) is 48.1 Å². The van der Waals surface area contributed by atoms with E-state index in [0.717, 1.165) is 12.5 Å². The average Bonchev–Trinajstić information content (AvgIpc) is 3.24. The molecule has 1 nitrogen and oxygen atoms in total. The van der Waals surface area contributed by atoms with E-state index < -0.39 is 0 Å². The highest BCUT2D eigenvalue weighted by molar-refractivity contribution is 5.63. The SMILES string of the molecule is c1ccc(-c2cccc(CNCC3CC3)c2)cc1. The molecule has 0 atom stereocenters. The summed E-state index contributed by atoms with van der Waals surface area (Å²) in [5.74, 6) is 0.947. The van der Waals surface area contributed by atoms with Gasteiger partial charge in [0.15, 0.2) is 0 Å². The van der Waals surface area contributed by atoms with Crippen LogP contribution in [0.1, 0.15) is 18.4 Å². The number of hydrogen-bond donors (Lipinski definition) is 1. The fourth-order valence-corrected chi connectivity index (χ4v) is 2.23. The predicted molar refractivity (Wildman–Crippen MR) is 76.3 cm³/mol. The van der Waals surface area contributed by atoms with Crippen LogP contribution in [0.5, 0.6) is 0 Å². The van der Waals surface area contributed by atoms with Crippen LogP contribution in [0.2, 0.25) is 0 Å². The Morgan fingerprint density at radius 3 is 2.44 bits per heavy atom. The first-order chi connectivity index (χ1) is 8.92. The molecule has 18 heavy (non-hydrogen) atoms. The van der Waals surface area contributed by atoms with Gasteiger partial charge in [-0.25, -0.2) is 0 Å². The molecule has 0 bridgehead atoms. The van der Waals surface area contributed by atoms with Gasteiger partial charge in [0.25, 0.3) is 0 Å². The Kier molecular flexibility index (Phi) is 3.42. The molecule has 0 aliphatic heterocycles. The van der Waals surface area contributed by atoms with E-state index in [4.69, 9.17) is 0 Å². The lowest BCUT2D eigenvalue weighted by molar-refractivity contribution is 0.639. The van der Waals surface area contributed by atoms with Crippen LogP contribution in [0.25, 0.3) is 11.1 Å². The fraction of sp³-hybridized carbons (Fsp3) is 0.294.